The van der Waals surface area contributed by atoms with E-state index in [0.29, 0.717) is 53.1 Å². The fourth-order valence-corrected chi connectivity index (χ4v) is 12.9. The topological polar surface area (TPSA) is 150 Å². The molecule has 4 aliphatic heterocycles. The highest BCUT2D eigenvalue weighted by Gasteiger charge is 2.28. The van der Waals surface area contributed by atoms with Crippen LogP contribution in [-0.4, -0.2) is 108 Å². The number of hydrogen-bond acceptors (Lipinski definition) is 8. The normalized spacial score (nSPS) is 18.1. The van der Waals surface area contributed by atoms with Crippen molar-refractivity contribution in [3.8, 4) is 0 Å². The number of benzene rings is 8. The van der Waals surface area contributed by atoms with Gasteiger partial charge in [-0.25, -0.2) is 4.79 Å². The minimum Gasteiger partial charge on any atom is -0.326 e. The maximum absolute atomic E-state index is 12.3. The van der Waals surface area contributed by atoms with Gasteiger partial charge in [-0.05, 0) is 218 Å². The van der Waals surface area contributed by atoms with Crippen LogP contribution in [0.25, 0.3) is 0 Å². The second-order valence-electron chi connectivity index (χ2n) is 27.1. The van der Waals surface area contributed by atoms with Crippen molar-refractivity contribution in [1.82, 2.24) is 19.6 Å². The summed E-state index contributed by atoms with van der Waals surface area (Å²) >= 11 is 0. The Morgan fingerprint density at radius 1 is 0.396 bits per heavy atom. The molecular weight excluding hydrogens is 1190 g/mol. The Morgan fingerprint density at radius 2 is 0.760 bits per heavy atom. The Morgan fingerprint density at radius 3 is 1.14 bits per heavy atom. The number of rotatable bonds is 15. The summed E-state index contributed by atoms with van der Waals surface area (Å²) in [4.78, 5) is 72.1. The average Bonchev–Trinajstić information content (AvgIpc) is 1.64. The van der Waals surface area contributed by atoms with Crippen LogP contribution in [0.5, 0.6) is 0 Å². The molecular formula is C82H99N9O5. The van der Waals surface area contributed by atoms with Crippen LogP contribution in [0, 0.1) is 39.5 Å². The lowest BCUT2D eigenvalue weighted by Crippen LogP contribution is -2.42. The monoisotopic (exact) mass is 1290 g/mol. The third-order valence-electron chi connectivity index (χ3n) is 18.5. The number of nitrogens with zero attached hydrogens (tertiary/aromatic N) is 5. The predicted octanol–water partition coefficient (Wildman–Crippen LogP) is 17.1. The summed E-state index contributed by atoms with van der Waals surface area (Å²) in [6.45, 7) is 26.5. The standard InChI is InChI=1S/2C22H28N2O.C20H24N2O.C18H19N3O2/c1-16-4-8-20(9-5-16)22(25)23-21-10-6-19(7-11-21)15-24-13-17(2)12-18(3)14-24;1-16-7-11-20(12-8-16)22(25)23-21-13-9-19(10-14-21)15-24-17(2)5-4-6-18(24)3;1-16-5-9-18(10-6-16)20(23)21-19-11-7-17(8-12-19)15-22-13-3-2-4-14-22;1-13-6-8-14(9-7-13)17(22)19-15-4-3-5-16(12-15)21-11-10-20(2)18(21)23/h4-11,17-18H,12-15H2,1-3H3,(H,23,25);7-14,17-18H,4-6,15H2,1-3H3,(H,23,25);5-12H,2-4,13-15H2,1H3,(H,21,23);3-9,12H,10-11H2,1-2H3,(H,19,22). The van der Waals surface area contributed by atoms with Crippen molar-refractivity contribution in [2.75, 3.05) is 72.5 Å². The maximum Gasteiger partial charge on any atom is 0.324 e. The van der Waals surface area contributed by atoms with Gasteiger partial charge in [0.1, 0.15) is 0 Å². The number of aryl methyl sites for hydroxylation is 4. The van der Waals surface area contributed by atoms with Gasteiger partial charge in [0, 0.05) is 116 Å². The Balaban J connectivity index is 0.000000150. The minimum atomic E-state index is -0.160. The van der Waals surface area contributed by atoms with Gasteiger partial charge in [0.05, 0.1) is 0 Å². The number of likely N-dealkylation sites (N-methyl/N-ethyl adjacent to an activating group) is 1. The van der Waals surface area contributed by atoms with Gasteiger partial charge < -0.3 is 26.2 Å². The van der Waals surface area contributed by atoms with Crippen molar-refractivity contribution >= 4 is 58.1 Å². The van der Waals surface area contributed by atoms with Crippen molar-refractivity contribution in [3.05, 3.63) is 255 Å². The van der Waals surface area contributed by atoms with Gasteiger partial charge >= 0.3 is 6.03 Å². The fourth-order valence-electron chi connectivity index (χ4n) is 12.9. The molecule has 502 valence electrons. The number of likely N-dealkylation sites (tertiary alicyclic amines) is 3. The lowest BCUT2D eigenvalue weighted by atomic mass is 9.91. The number of urea groups is 1. The molecule has 4 heterocycles. The van der Waals surface area contributed by atoms with Crippen LogP contribution in [0.1, 0.15) is 153 Å². The second-order valence-corrected chi connectivity index (χ2v) is 27.1. The highest BCUT2D eigenvalue weighted by atomic mass is 16.2. The molecule has 4 aliphatic rings. The van der Waals surface area contributed by atoms with E-state index < -0.39 is 0 Å². The Bertz CT molecular complexity index is 3780. The zero-order valence-corrected chi connectivity index (χ0v) is 57.9. The fraction of sp³-hybridized carbons (Fsp3) is 0.354. The van der Waals surface area contributed by atoms with Crippen molar-refractivity contribution < 1.29 is 24.0 Å². The van der Waals surface area contributed by atoms with Crippen molar-refractivity contribution in [1.29, 1.82) is 0 Å². The summed E-state index contributed by atoms with van der Waals surface area (Å²) < 4.78 is 0. The van der Waals surface area contributed by atoms with Gasteiger partial charge in [-0.15, -0.1) is 0 Å². The Hall–Kier alpha value is -9.21. The van der Waals surface area contributed by atoms with Gasteiger partial charge in [-0.3, -0.25) is 38.8 Å². The highest BCUT2D eigenvalue weighted by Crippen LogP contribution is 2.28. The zero-order chi connectivity index (χ0) is 68.1. The van der Waals surface area contributed by atoms with E-state index in [1.807, 2.05) is 173 Å². The quantitative estimate of drug-likeness (QED) is 0.0793. The molecule has 0 aliphatic carbocycles. The van der Waals surface area contributed by atoms with Crippen LogP contribution in [0.15, 0.2) is 194 Å². The average molecular weight is 1290 g/mol. The first kappa shape index (κ1) is 71.1. The number of carbonyl (C=O) groups is 5. The second kappa shape index (κ2) is 35.0. The SMILES string of the molecule is Cc1ccc(C(=O)Nc2ccc(CN3C(C)CCCC3C)cc2)cc1.Cc1ccc(C(=O)Nc2ccc(CN3CC(C)CC(C)C3)cc2)cc1.Cc1ccc(C(=O)Nc2ccc(CN3CCCCC3)cc2)cc1.Cc1ccc(C(=O)Nc2cccc(N3CCN(C)C3=O)c2)cc1. The number of carbonyl (C=O) groups excluding carboxylic acids is 5. The van der Waals surface area contributed by atoms with E-state index in [4.69, 9.17) is 0 Å². The smallest absolute Gasteiger partial charge is 0.324 e. The van der Waals surface area contributed by atoms with E-state index >= 15 is 0 Å². The molecule has 14 heteroatoms. The summed E-state index contributed by atoms with van der Waals surface area (Å²) in [6.07, 6.45) is 9.23. The number of hydrogen-bond donors (Lipinski definition) is 4. The Labute approximate surface area is 570 Å². The van der Waals surface area contributed by atoms with Gasteiger partial charge in [0.25, 0.3) is 23.6 Å². The lowest BCUT2D eigenvalue weighted by molar-refractivity contribution is 0.0953. The van der Waals surface area contributed by atoms with E-state index in [1.165, 1.54) is 87.8 Å². The van der Waals surface area contributed by atoms with Crippen molar-refractivity contribution in [2.24, 2.45) is 11.8 Å². The predicted molar refractivity (Wildman–Crippen MR) is 393 cm³/mol. The summed E-state index contributed by atoms with van der Waals surface area (Å²) in [5, 5.41) is 11.8. The van der Waals surface area contributed by atoms with Gasteiger partial charge in [-0.2, -0.15) is 0 Å². The molecule has 0 spiro atoms. The summed E-state index contributed by atoms with van der Waals surface area (Å²) in [6, 6.07) is 63.6. The molecule has 12 rings (SSSR count). The zero-order valence-electron chi connectivity index (χ0n) is 57.9. The molecule has 4 unspecified atom stereocenters. The van der Waals surface area contributed by atoms with Gasteiger partial charge in [0.2, 0.25) is 0 Å². The van der Waals surface area contributed by atoms with E-state index in [9.17, 15) is 24.0 Å². The first-order valence-corrected chi connectivity index (χ1v) is 34.4. The molecule has 0 saturated carbocycles. The molecule has 4 fully saturated rings. The molecule has 4 saturated heterocycles. The van der Waals surface area contributed by atoms with Crippen molar-refractivity contribution in [2.45, 2.75) is 132 Å². The molecule has 8 aromatic carbocycles. The molecule has 6 amide bonds. The molecule has 0 radical (unpaired) electrons. The van der Waals surface area contributed by atoms with Crippen LogP contribution >= 0.6 is 0 Å². The number of amides is 6. The third-order valence-corrected chi connectivity index (χ3v) is 18.5. The Kier molecular flexibility index (Phi) is 25.9. The maximum atomic E-state index is 12.3. The minimum absolute atomic E-state index is 0.0213. The number of piperidine rings is 3. The summed E-state index contributed by atoms with van der Waals surface area (Å²) in [7, 11) is 1.78. The summed E-state index contributed by atoms with van der Waals surface area (Å²) in [5.41, 5.74) is 15.2. The van der Waals surface area contributed by atoms with Crippen LogP contribution in [-0.2, 0) is 19.6 Å². The van der Waals surface area contributed by atoms with E-state index in [0.717, 1.165) is 76.5 Å². The van der Waals surface area contributed by atoms with E-state index in [2.05, 4.69) is 100 Å². The first-order valence-electron chi connectivity index (χ1n) is 34.4. The molecule has 4 atom stereocenters. The van der Waals surface area contributed by atoms with E-state index in [1.54, 1.807) is 29.0 Å². The number of anilines is 5. The molecule has 4 N–H and O–H groups in total. The largest absolute Gasteiger partial charge is 0.326 e. The highest BCUT2D eigenvalue weighted by molar-refractivity contribution is 6.06. The third kappa shape index (κ3) is 21.7. The lowest BCUT2D eigenvalue weighted by Gasteiger charge is -2.39. The molecule has 8 aromatic rings. The summed E-state index contributed by atoms with van der Waals surface area (Å²) in [5.74, 6) is 1.20. The molecule has 0 aromatic heterocycles. The van der Waals surface area contributed by atoms with Crippen LogP contribution in [0.2, 0.25) is 0 Å². The van der Waals surface area contributed by atoms with Crippen LogP contribution < -0.4 is 26.2 Å². The van der Waals surface area contributed by atoms with Gasteiger partial charge in [-0.1, -0.05) is 140 Å². The molecule has 0 bridgehead atoms. The van der Waals surface area contributed by atoms with Gasteiger partial charge in [0.15, 0.2) is 0 Å². The molecule has 14 nitrogen and oxygen atoms in total. The first-order chi connectivity index (χ1) is 46.3. The van der Waals surface area contributed by atoms with Crippen LogP contribution in [0.3, 0.4) is 0 Å². The van der Waals surface area contributed by atoms with Crippen molar-refractivity contribution in [3.63, 3.8) is 0 Å². The number of nitrogens with one attached hydrogen (secondary N) is 4. The van der Waals surface area contributed by atoms with E-state index in [-0.39, 0.29) is 29.7 Å². The van der Waals surface area contributed by atoms with Crippen LogP contribution in [0.4, 0.5) is 33.2 Å². The molecule has 96 heavy (non-hydrogen) atoms.